The van der Waals surface area contributed by atoms with Crippen LogP contribution in [0.2, 0.25) is 0 Å². The first kappa shape index (κ1) is 18.4. The highest BCUT2D eigenvalue weighted by molar-refractivity contribution is 7.89. The lowest BCUT2D eigenvalue weighted by Gasteiger charge is -2.33. The van der Waals surface area contributed by atoms with Crippen LogP contribution in [0.3, 0.4) is 0 Å². The molecule has 0 radical (unpaired) electrons. The van der Waals surface area contributed by atoms with Gasteiger partial charge in [-0.25, -0.2) is 13.4 Å². The molecule has 1 aromatic heterocycles. The van der Waals surface area contributed by atoms with Crippen molar-refractivity contribution < 1.29 is 13.2 Å². The number of piperidine rings is 1. The molecule has 3 heterocycles. The molecule has 0 saturated carbocycles. The average Bonchev–Trinajstić information content (AvgIpc) is 2.75. The molecule has 7 heteroatoms. The van der Waals surface area contributed by atoms with E-state index in [1.807, 2.05) is 6.07 Å². The van der Waals surface area contributed by atoms with E-state index < -0.39 is 10.0 Å². The van der Waals surface area contributed by atoms with Gasteiger partial charge in [0.2, 0.25) is 10.0 Å². The zero-order valence-electron chi connectivity index (χ0n) is 15.3. The summed E-state index contributed by atoms with van der Waals surface area (Å²) >= 11 is 0. The smallest absolute Gasteiger partial charge is 0.244 e. The number of rotatable bonds is 4. The molecule has 0 unspecified atom stereocenters. The van der Waals surface area contributed by atoms with Crippen molar-refractivity contribution in [1.29, 1.82) is 0 Å². The van der Waals surface area contributed by atoms with Crippen LogP contribution in [-0.4, -0.2) is 57.1 Å². The normalized spacial score (nSPS) is 19.9. The number of sulfonamides is 1. The van der Waals surface area contributed by atoms with Crippen molar-refractivity contribution in [2.45, 2.75) is 23.7 Å². The summed E-state index contributed by atoms with van der Waals surface area (Å²) in [5.74, 6) is 1.44. The topological polar surface area (TPSA) is 62.7 Å². The van der Waals surface area contributed by atoms with Crippen molar-refractivity contribution in [2.75, 3.05) is 44.3 Å². The molecule has 1 aromatic carbocycles. The van der Waals surface area contributed by atoms with E-state index in [4.69, 9.17) is 4.74 Å². The lowest BCUT2D eigenvalue weighted by molar-refractivity contribution is 0.0730. The number of hydrogen-bond donors (Lipinski definition) is 0. The standard InChI is InChI=1S/C20H25N3O3S/c24-27(25,23-12-14-26-15-13-23)19-6-7-20(21-16-19)22-10-8-18(9-11-22)17-4-2-1-3-5-17/h1-7,16,18H,8-15H2. The van der Waals surface area contributed by atoms with E-state index in [2.05, 4.69) is 40.2 Å². The fourth-order valence-electron chi connectivity index (χ4n) is 3.82. The van der Waals surface area contributed by atoms with Crippen LogP contribution >= 0.6 is 0 Å². The molecule has 0 amide bonds. The Morgan fingerprint density at radius 3 is 2.26 bits per heavy atom. The lowest BCUT2D eigenvalue weighted by Crippen LogP contribution is -2.40. The van der Waals surface area contributed by atoms with E-state index in [1.54, 1.807) is 6.07 Å². The lowest BCUT2D eigenvalue weighted by atomic mass is 9.89. The van der Waals surface area contributed by atoms with E-state index in [0.29, 0.717) is 32.2 Å². The van der Waals surface area contributed by atoms with Crippen LogP contribution < -0.4 is 4.90 Å². The van der Waals surface area contributed by atoms with Crippen LogP contribution in [0.1, 0.15) is 24.3 Å². The third-order valence-corrected chi connectivity index (χ3v) is 7.30. The molecule has 27 heavy (non-hydrogen) atoms. The Morgan fingerprint density at radius 1 is 0.926 bits per heavy atom. The van der Waals surface area contributed by atoms with Gasteiger partial charge in [0.05, 0.1) is 13.2 Å². The number of ether oxygens (including phenoxy) is 1. The minimum absolute atomic E-state index is 0.257. The number of morpholine rings is 1. The molecule has 2 fully saturated rings. The van der Waals surface area contributed by atoms with Gasteiger partial charge in [-0.1, -0.05) is 30.3 Å². The van der Waals surface area contributed by atoms with Gasteiger partial charge < -0.3 is 9.64 Å². The van der Waals surface area contributed by atoms with Gasteiger partial charge in [-0.2, -0.15) is 4.31 Å². The molecule has 0 N–H and O–H groups in total. The molecule has 2 aromatic rings. The van der Waals surface area contributed by atoms with Gasteiger partial charge in [0.15, 0.2) is 0 Å². The Hall–Kier alpha value is -1.96. The van der Waals surface area contributed by atoms with Gasteiger partial charge in [0, 0.05) is 32.4 Å². The molecule has 0 spiro atoms. The zero-order valence-corrected chi connectivity index (χ0v) is 16.1. The van der Waals surface area contributed by atoms with Gasteiger partial charge in [-0.15, -0.1) is 0 Å². The van der Waals surface area contributed by atoms with Crippen LogP contribution in [0.25, 0.3) is 0 Å². The summed E-state index contributed by atoms with van der Waals surface area (Å²) < 4.78 is 32.1. The monoisotopic (exact) mass is 387 g/mol. The van der Waals surface area contributed by atoms with E-state index in [-0.39, 0.29) is 4.90 Å². The molecule has 6 nitrogen and oxygen atoms in total. The van der Waals surface area contributed by atoms with Gasteiger partial charge in [-0.05, 0) is 36.5 Å². The summed E-state index contributed by atoms with van der Waals surface area (Å²) in [7, 11) is -3.48. The number of pyridine rings is 1. The molecular formula is C20H25N3O3S. The second kappa shape index (κ2) is 7.96. The Kier molecular flexibility index (Phi) is 5.43. The van der Waals surface area contributed by atoms with Crippen molar-refractivity contribution in [1.82, 2.24) is 9.29 Å². The Bertz CT molecular complexity index is 842. The fourth-order valence-corrected chi connectivity index (χ4v) is 5.17. The summed E-state index contributed by atoms with van der Waals surface area (Å²) in [5, 5.41) is 0. The maximum Gasteiger partial charge on any atom is 0.244 e. The highest BCUT2D eigenvalue weighted by Gasteiger charge is 2.27. The summed E-state index contributed by atoms with van der Waals surface area (Å²) in [4.78, 5) is 6.95. The van der Waals surface area contributed by atoms with Gasteiger partial charge >= 0.3 is 0 Å². The van der Waals surface area contributed by atoms with E-state index >= 15 is 0 Å². The largest absolute Gasteiger partial charge is 0.379 e. The summed E-state index contributed by atoms with van der Waals surface area (Å²) in [6, 6.07) is 14.1. The summed E-state index contributed by atoms with van der Waals surface area (Å²) in [5.41, 5.74) is 1.40. The number of anilines is 1. The van der Waals surface area contributed by atoms with E-state index in [9.17, 15) is 8.42 Å². The molecule has 2 aliphatic rings. The Labute approximate surface area is 160 Å². The predicted octanol–water partition coefficient (Wildman–Crippen LogP) is 2.49. The zero-order chi connectivity index (χ0) is 18.7. The number of nitrogens with zero attached hydrogens (tertiary/aromatic N) is 3. The van der Waals surface area contributed by atoms with Crippen LogP contribution in [0.15, 0.2) is 53.6 Å². The minimum Gasteiger partial charge on any atom is -0.379 e. The molecule has 2 aliphatic heterocycles. The van der Waals surface area contributed by atoms with Gasteiger partial charge in [0.25, 0.3) is 0 Å². The second-order valence-corrected chi connectivity index (χ2v) is 8.98. The first-order valence-electron chi connectivity index (χ1n) is 9.48. The maximum atomic E-state index is 12.7. The molecular weight excluding hydrogens is 362 g/mol. The van der Waals surface area contributed by atoms with Crippen molar-refractivity contribution in [2.24, 2.45) is 0 Å². The van der Waals surface area contributed by atoms with Gasteiger partial charge in [-0.3, -0.25) is 0 Å². The average molecular weight is 388 g/mol. The minimum atomic E-state index is -3.48. The number of hydrogen-bond acceptors (Lipinski definition) is 5. The third-order valence-electron chi connectivity index (χ3n) is 5.42. The predicted molar refractivity (Wildman–Crippen MR) is 104 cm³/mol. The highest BCUT2D eigenvalue weighted by atomic mass is 32.2. The quantitative estimate of drug-likeness (QED) is 0.807. The Balaban J connectivity index is 1.41. The molecule has 2 saturated heterocycles. The van der Waals surface area contributed by atoms with Crippen molar-refractivity contribution in [3.63, 3.8) is 0 Å². The first-order valence-corrected chi connectivity index (χ1v) is 10.9. The van der Waals surface area contributed by atoms with E-state index in [0.717, 1.165) is 31.7 Å². The molecule has 0 bridgehead atoms. The van der Waals surface area contributed by atoms with Crippen LogP contribution in [0, 0.1) is 0 Å². The number of aromatic nitrogens is 1. The third kappa shape index (κ3) is 4.00. The highest BCUT2D eigenvalue weighted by Crippen LogP contribution is 2.30. The fraction of sp³-hybridized carbons (Fsp3) is 0.450. The van der Waals surface area contributed by atoms with Crippen molar-refractivity contribution >= 4 is 15.8 Å². The van der Waals surface area contributed by atoms with Crippen LogP contribution in [-0.2, 0) is 14.8 Å². The second-order valence-electron chi connectivity index (χ2n) is 7.04. The molecule has 0 aliphatic carbocycles. The van der Waals surface area contributed by atoms with E-state index in [1.165, 1.54) is 16.1 Å². The van der Waals surface area contributed by atoms with Gasteiger partial charge in [0.1, 0.15) is 10.7 Å². The molecule has 4 rings (SSSR count). The van der Waals surface area contributed by atoms with Crippen LogP contribution in [0.4, 0.5) is 5.82 Å². The van der Waals surface area contributed by atoms with Crippen molar-refractivity contribution in [3.05, 3.63) is 54.2 Å². The first-order chi connectivity index (χ1) is 13.1. The van der Waals surface area contributed by atoms with Crippen molar-refractivity contribution in [3.8, 4) is 0 Å². The SMILES string of the molecule is O=S(=O)(c1ccc(N2CCC(c3ccccc3)CC2)nc1)N1CCOCC1. The summed E-state index contributed by atoms with van der Waals surface area (Å²) in [6.07, 6.45) is 3.66. The molecule has 0 atom stereocenters. The molecule has 144 valence electrons. The maximum absolute atomic E-state index is 12.7. The Morgan fingerprint density at radius 2 is 1.63 bits per heavy atom. The van der Waals surface area contributed by atoms with Crippen LogP contribution in [0.5, 0.6) is 0 Å². The summed E-state index contributed by atoms with van der Waals surface area (Å²) in [6.45, 7) is 3.56. The number of benzene rings is 1.